The van der Waals surface area contributed by atoms with Gasteiger partial charge in [-0.25, -0.2) is 0 Å². The number of benzene rings is 3. The predicted octanol–water partition coefficient (Wildman–Crippen LogP) is 4.36. The molecule has 1 N–H and O–H groups in total. The van der Waals surface area contributed by atoms with Crippen LogP contribution < -0.4 is 15.7 Å². The van der Waals surface area contributed by atoms with E-state index >= 15 is 0 Å². The SMILES string of the molecule is CCc1ccc(N2NC(c3ccccc3)=NN2c2ccccc2)cc1. The largest absolute Gasteiger partial charge is 0.259 e. The van der Waals surface area contributed by atoms with Crippen LogP contribution in [0, 0.1) is 0 Å². The number of hydrazone groups is 1. The van der Waals surface area contributed by atoms with Gasteiger partial charge in [-0.15, -0.1) is 5.10 Å². The van der Waals surface area contributed by atoms with E-state index in [1.807, 2.05) is 58.8 Å². The Morgan fingerprint density at radius 1 is 0.760 bits per heavy atom. The lowest BCUT2D eigenvalue weighted by Gasteiger charge is -2.28. The molecule has 0 aliphatic carbocycles. The molecule has 0 saturated heterocycles. The summed E-state index contributed by atoms with van der Waals surface area (Å²) in [5, 5.41) is 8.66. The standard InChI is InChI=1S/C21H20N4/c1-2-17-13-15-20(16-14-17)25-23-21(18-9-5-3-6-10-18)22-24(25)19-11-7-4-8-12-19/h3-16H,2H2,1H3,(H,22,23). The van der Waals surface area contributed by atoms with E-state index in [1.165, 1.54) is 5.56 Å². The summed E-state index contributed by atoms with van der Waals surface area (Å²) in [5.74, 6) is 0.823. The Morgan fingerprint density at radius 3 is 2.04 bits per heavy atom. The zero-order chi connectivity index (χ0) is 17.1. The lowest BCUT2D eigenvalue weighted by molar-refractivity contribution is 0.770. The Bertz CT molecular complexity index is 857. The molecule has 4 heteroatoms. The first-order chi connectivity index (χ1) is 12.3. The van der Waals surface area contributed by atoms with Gasteiger partial charge in [0.1, 0.15) is 0 Å². The first kappa shape index (κ1) is 15.3. The molecule has 0 aromatic heterocycles. The number of rotatable bonds is 4. The molecular weight excluding hydrogens is 308 g/mol. The maximum absolute atomic E-state index is 4.79. The van der Waals surface area contributed by atoms with Crippen molar-refractivity contribution in [3.63, 3.8) is 0 Å². The molecule has 1 heterocycles. The molecule has 25 heavy (non-hydrogen) atoms. The molecule has 0 atom stereocenters. The average molecular weight is 328 g/mol. The maximum atomic E-state index is 4.79. The minimum atomic E-state index is 0.823. The van der Waals surface area contributed by atoms with Gasteiger partial charge in [0.15, 0.2) is 5.84 Å². The maximum Gasteiger partial charge on any atom is 0.176 e. The number of hydrogen-bond donors (Lipinski definition) is 1. The molecule has 0 unspecified atom stereocenters. The normalized spacial score (nSPS) is 13.6. The Balaban J connectivity index is 1.72. The number of aryl methyl sites for hydroxylation is 1. The van der Waals surface area contributed by atoms with E-state index in [0.717, 1.165) is 29.2 Å². The van der Waals surface area contributed by atoms with Crippen molar-refractivity contribution >= 4 is 17.2 Å². The molecule has 124 valence electrons. The zero-order valence-corrected chi connectivity index (χ0v) is 14.1. The van der Waals surface area contributed by atoms with Gasteiger partial charge in [-0.05, 0) is 36.2 Å². The third kappa shape index (κ3) is 3.06. The Labute approximate surface area is 148 Å². The van der Waals surface area contributed by atoms with Crippen molar-refractivity contribution in [3.05, 3.63) is 96.1 Å². The highest BCUT2D eigenvalue weighted by molar-refractivity contribution is 6.02. The Morgan fingerprint density at radius 2 is 1.40 bits per heavy atom. The van der Waals surface area contributed by atoms with Crippen LogP contribution in [0.1, 0.15) is 18.1 Å². The van der Waals surface area contributed by atoms with Crippen LogP contribution in [0.5, 0.6) is 0 Å². The number of nitrogens with zero attached hydrogens (tertiary/aromatic N) is 3. The number of anilines is 2. The van der Waals surface area contributed by atoms with Crippen molar-refractivity contribution < 1.29 is 0 Å². The fourth-order valence-corrected chi connectivity index (χ4v) is 2.81. The second-order valence-electron chi connectivity index (χ2n) is 5.88. The summed E-state index contributed by atoms with van der Waals surface area (Å²) >= 11 is 0. The van der Waals surface area contributed by atoms with Gasteiger partial charge < -0.3 is 0 Å². The smallest absolute Gasteiger partial charge is 0.176 e. The Kier molecular flexibility index (Phi) is 4.09. The summed E-state index contributed by atoms with van der Waals surface area (Å²) in [6, 6.07) is 28.8. The van der Waals surface area contributed by atoms with E-state index in [0.29, 0.717) is 0 Å². The van der Waals surface area contributed by atoms with Crippen molar-refractivity contribution in [1.82, 2.24) is 5.43 Å². The minimum Gasteiger partial charge on any atom is -0.259 e. The summed E-state index contributed by atoms with van der Waals surface area (Å²) in [5.41, 5.74) is 7.83. The summed E-state index contributed by atoms with van der Waals surface area (Å²) in [4.78, 5) is 0. The van der Waals surface area contributed by atoms with E-state index in [2.05, 4.69) is 48.7 Å². The molecule has 0 spiro atoms. The molecule has 0 radical (unpaired) electrons. The van der Waals surface area contributed by atoms with E-state index in [4.69, 9.17) is 5.10 Å². The highest BCUT2D eigenvalue weighted by atomic mass is 15.9. The molecule has 0 fully saturated rings. The van der Waals surface area contributed by atoms with Crippen LogP contribution in [-0.4, -0.2) is 5.84 Å². The van der Waals surface area contributed by atoms with Crippen molar-refractivity contribution in [1.29, 1.82) is 0 Å². The molecule has 3 aromatic rings. The molecule has 4 nitrogen and oxygen atoms in total. The van der Waals surface area contributed by atoms with Crippen LogP contribution in [0.2, 0.25) is 0 Å². The number of hydrogen-bond acceptors (Lipinski definition) is 4. The van der Waals surface area contributed by atoms with E-state index in [9.17, 15) is 0 Å². The van der Waals surface area contributed by atoms with Crippen LogP contribution in [-0.2, 0) is 6.42 Å². The summed E-state index contributed by atoms with van der Waals surface area (Å²) in [6.07, 6.45) is 1.03. The number of amidine groups is 1. The highest BCUT2D eigenvalue weighted by Crippen LogP contribution is 2.26. The lowest BCUT2D eigenvalue weighted by atomic mass is 10.1. The fraction of sp³-hybridized carbons (Fsp3) is 0.0952. The number of hydrazine groups is 2. The van der Waals surface area contributed by atoms with Gasteiger partial charge >= 0.3 is 0 Å². The van der Waals surface area contributed by atoms with Gasteiger partial charge in [0, 0.05) is 5.56 Å². The van der Waals surface area contributed by atoms with Crippen LogP contribution in [0.4, 0.5) is 11.4 Å². The van der Waals surface area contributed by atoms with Crippen molar-refractivity contribution in [3.8, 4) is 0 Å². The van der Waals surface area contributed by atoms with Crippen molar-refractivity contribution in [2.24, 2.45) is 5.10 Å². The Hall–Kier alpha value is -3.27. The quantitative estimate of drug-likeness (QED) is 0.772. The molecule has 3 aromatic carbocycles. The van der Waals surface area contributed by atoms with Gasteiger partial charge in [-0.3, -0.25) is 5.43 Å². The predicted molar refractivity (Wildman–Crippen MR) is 103 cm³/mol. The van der Waals surface area contributed by atoms with Crippen molar-refractivity contribution in [2.75, 3.05) is 10.2 Å². The minimum absolute atomic E-state index is 0.823. The number of para-hydroxylation sites is 1. The summed E-state index contributed by atoms with van der Waals surface area (Å²) in [6.45, 7) is 2.16. The van der Waals surface area contributed by atoms with Gasteiger partial charge in [0.05, 0.1) is 11.4 Å². The molecule has 1 aliphatic heterocycles. The van der Waals surface area contributed by atoms with Crippen LogP contribution in [0.3, 0.4) is 0 Å². The second kappa shape index (κ2) is 6.69. The summed E-state index contributed by atoms with van der Waals surface area (Å²) in [7, 11) is 0. The average Bonchev–Trinajstić information content (AvgIpc) is 3.15. The van der Waals surface area contributed by atoms with Crippen LogP contribution in [0.25, 0.3) is 0 Å². The highest BCUT2D eigenvalue weighted by Gasteiger charge is 2.26. The number of nitrogens with one attached hydrogen (secondary N) is 1. The first-order valence-electron chi connectivity index (χ1n) is 8.50. The molecule has 1 aliphatic rings. The lowest BCUT2D eigenvalue weighted by Crippen LogP contribution is -2.44. The summed E-state index contributed by atoms with van der Waals surface area (Å²) < 4.78 is 0. The zero-order valence-electron chi connectivity index (χ0n) is 14.1. The van der Waals surface area contributed by atoms with Gasteiger partial charge in [-0.2, -0.15) is 10.2 Å². The third-order valence-corrected chi connectivity index (χ3v) is 4.22. The van der Waals surface area contributed by atoms with Crippen LogP contribution >= 0.6 is 0 Å². The topological polar surface area (TPSA) is 30.9 Å². The first-order valence-corrected chi connectivity index (χ1v) is 8.50. The molecular formula is C21H20N4. The monoisotopic (exact) mass is 328 g/mol. The van der Waals surface area contributed by atoms with Gasteiger partial charge in [0.25, 0.3) is 0 Å². The third-order valence-electron chi connectivity index (χ3n) is 4.22. The molecule has 0 bridgehead atoms. The van der Waals surface area contributed by atoms with Crippen LogP contribution in [0.15, 0.2) is 90.0 Å². The fourth-order valence-electron chi connectivity index (χ4n) is 2.81. The van der Waals surface area contributed by atoms with Gasteiger partial charge in [0.2, 0.25) is 0 Å². The molecule has 4 rings (SSSR count). The van der Waals surface area contributed by atoms with Gasteiger partial charge in [-0.1, -0.05) is 67.6 Å². The van der Waals surface area contributed by atoms with Crippen molar-refractivity contribution in [2.45, 2.75) is 13.3 Å². The van der Waals surface area contributed by atoms with E-state index in [1.54, 1.807) is 0 Å². The molecule has 0 saturated carbocycles. The second-order valence-corrected chi connectivity index (χ2v) is 5.88. The van der Waals surface area contributed by atoms with E-state index in [-0.39, 0.29) is 0 Å². The molecule has 0 amide bonds. The van der Waals surface area contributed by atoms with E-state index < -0.39 is 0 Å².